The molecule has 0 bridgehead atoms. The van der Waals surface area contributed by atoms with Crippen LogP contribution in [0.1, 0.15) is 168 Å². The van der Waals surface area contributed by atoms with Crippen LogP contribution in [0.2, 0.25) is 28.2 Å². The third kappa shape index (κ3) is 19.9. The van der Waals surface area contributed by atoms with E-state index in [1.807, 2.05) is 52.8 Å². The monoisotopic (exact) mass is 1700 g/mol. The summed E-state index contributed by atoms with van der Waals surface area (Å²) in [5.41, 5.74) is 0.249. The van der Waals surface area contributed by atoms with Crippen LogP contribution < -0.4 is 20.7 Å². The lowest BCUT2D eigenvalue weighted by Gasteiger charge is -2.53. The number of rotatable bonds is 35. The van der Waals surface area contributed by atoms with Crippen molar-refractivity contribution in [3.05, 3.63) is 213 Å². The highest BCUT2D eigenvalue weighted by Crippen LogP contribution is 2.52. The summed E-state index contributed by atoms with van der Waals surface area (Å²) >= 11 is 0. The molecule has 0 spiro atoms. The zero-order chi connectivity index (χ0) is 85.6. The lowest BCUT2D eigenvalue weighted by atomic mass is 9.80. The van der Waals surface area contributed by atoms with Crippen molar-refractivity contribution in [1.29, 1.82) is 0 Å². The first kappa shape index (κ1) is 92.5. The molecule has 21 heteroatoms. The maximum absolute atomic E-state index is 16.6. The van der Waals surface area contributed by atoms with Gasteiger partial charge in [0.15, 0.2) is 18.2 Å². The molecule has 5 aromatic rings. The van der Waals surface area contributed by atoms with E-state index in [9.17, 15) is 9.90 Å². The van der Waals surface area contributed by atoms with Gasteiger partial charge in [0.25, 0.3) is 16.6 Å². The van der Waals surface area contributed by atoms with Gasteiger partial charge in [-0.1, -0.05) is 267 Å². The Morgan fingerprint density at radius 2 is 1.17 bits per heavy atom. The van der Waals surface area contributed by atoms with Crippen LogP contribution in [-0.4, -0.2) is 197 Å². The van der Waals surface area contributed by atoms with E-state index in [0.717, 1.165) is 56.4 Å². The third-order valence-electron chi connectivity index (χ3n) is 27.0. The largest absolute Gasteiger partial charge is 0.410 e. The molecule has 0 radical (unpaired) electrons. The molecular formula is C98H139NO16SSi3. The number of hydrogen-bond acceptors (Lipinski definition) is 16. The molecule has 7 saturated heterocycles. The minimum atomic E-state index is -4.53. The van der Waals surface area contributed by atoms with Gasteiger partial charge >= 0.3 is 0 Å². The predicted molar refractivity (Wildman–Crippen MR) is 481 cm³/mol. The highest BCUT2D eigenvalue weighted by Gasteiger charge is 2.66. The van der Waals surface area contributed by atoms with Crippen LogP contribution in [0.3, 0.4) is 0 Å². The van der Waals surface area contributed by atoms with Gasteiger partial charge in [-0.05, 0) is 124 Å². The number of carbonyl (C=O) groups excluding carboxylic acids is 1. The molecule has 7 fully saturated rings. The fraction of sp³-hybridized carbons (Fsp3) is 0.582. The first-order valence-corrected chi connectivity index (χ1v) is 52.0. The van der Waals surface area contributed by atoms with Crippen molar-refractivity contribution in [3.63, 3.8) is 0 Å². The van der Waals surface area contributed by atoms with Crippen molar-refractivity contribution in [2.24, 2.45) is 17.3 Å². The molecule has 119 heavy (non-hydrogen) atoms. The van der Waals surface area contributed by atoms with Crippen molar-refractivity contribution in [1.82, 2.24) is 4.90 Å². The van der Waals surface area contributed by atoms with Crippen LogP contribution >= 0.6 is 0 Å². The zero-order valence-electron chi connectivity index (χ0n) is 73.9. The minimum absolute atomic E-state index is 0.0332. The van der Waals surface area contributed by atoms with Crippen molar-refractivity contribution in [2.45, 2.75) is 322 Å². The average molecular weight is 1700 g/mol. The van der Waals surface area contributed by atoms with E-state index < -0.39 is 153 Å². The Bertz CT molecular complexity index is 4220. The smallest absolute Gasteiger partial charge is 0.261 e. The molecule has 21 atom stereocenters. The summed E-state index contributed by atoms with van der Waals surface area (Å²) in [7, 11) is -12.2. The van der Waals surface area contributed by atoms with E-state index in [4.69, 9.17) is 62.5 Å². The lowest BCUT2D eigenvalue weighted by Crippen LogP contribution is -2.73. The molecule has 7 aliphatic heterocycles. The summed E-state index contributed by atoms with van der Waals surface area (Å²) in [6.07, 6.45) is 0.284. The van der Waals surface area contributed by atoms with E-state index >= 15 is 8.42 Å². The molecule has 7 aliphatic rings. The summed E-state index contributed by atoms with van der Waals surface area (Å²) in [5, 5.41) is 15.9. The molecule has 2 unspecified atom stereocenters. The summed E-state index contributed by atoms with van der Waals surface area (Å²) in [4.78, 5) is 16.1. The van der Waals surface area contributed by atoms with Crippen molar-refractivity contribution >= 4 is 61.4 Å². The van der Waals surface area contributed by atoms with E-state index in [1.54, 1.807) is 48.4 Å². The Morgan fingerprint density at radius 3 is 1.69 bits per heavy atom. The van der Waals surface area contributed by atoms with Crippen LogP contribution in [0.4, 0.5) is 0 Å². The predicted octanol–water partition coefficient (Wildman–Crippen LogP) is 16.3. The number of sulfone groups is 1. The first-order chi connectivity index (χ1) is 56.6. The van der Waals surface area contributed by atoms with Crippen LogP contribution in [0.25, 0.3) is 0 Å². The van der Waals surface area contributed by atoms with Gasteiger partial charge in [-0.25, -0.2) is 8.42 Å². The number of ether oxygens (including phenoxy) is 9. The Kier molecular flexibility index (Phi) is 30.2. The maximum Gasteiger partial charge on any atom is 0.261 e. The first-order valence-electron chi connectivity index (χ1n) is 44.1. The van der Waals surface area contributed by atoms with Gasteiger partial charge in [0, 0.05) is 57.1 Å². The minimum Gasteiger partial charge on any atom is -0.410 e. The van der Waals surface area contributed by atoms with Crippen molar-refractivity contribution in [3.8, 4) is 0 Å². The van der Waals surface area contributed by atoms with Gasteiger partial charge in [-0.2, -0.15) is 0 Å². The molecule has 0 aliphatic carbocycles. The number of fused-ring (bicyclic) bond motifs is 2. The standard InChI is InChI=1S/C98H139NO16SSi3/c1-21-57-105-58-41-42-70-60-67(7)80(106-70)55-53-71-59-66(6)68(8)82(107-71)64-83-86(87(104-20)84(109-83)63-73-65-99(98(18,19)112-73)94(101)95(9,10)11)93(116(102,103)74-43-31-26-32-44-74)79(100)61-72-54-56-81-88(108-72)92(115-119(97(15,16)17,77-49-37-29-38-50-77)78-51-39-30-40-52-78)91-90(110-81)89(85(111-91)62-69(22-2)113-117(23-3,24-4)25-5)114-118(96(12,13)14,75-45-33-27-34-46-75)76-47-35-28-36-48-76/h21-22,26-52,66,69-73,79-93,100H,1-2,7-8,23-25,53-65H2,3-6,9-20H3/b42-41+/t66-,69?,70+,71+,72-,73+,79?,80+,81+,82-,83+,84-,85-,86+,87+,88+,89+,90+,91-,92+,93-/m1/s1. The number of amides is 1. The van der Waals surface area contributed by atoms with E-state index in [-0.39, 0.29) is 66.9 Å². The molecule has 12 rings (SSSR count). The van der Waals surface area contributed by atoms with Crippen LogP contribution in [0.5, 0.6) is 0 Å². The molecule has 650 valence electrons. The van der Waals surface area contributed by atoms with E-state index in [1.165, 1.54) is 0 Å². The highest BCUT2D eigenvalue weighted by molar-refractivity contribution is 7.92. The molecular weight excluding hydrogens is 1560 g/mol. The Morgan fingerprint density at radius 1 is 0.622 bits per heavy atom. The van der Waals surface area contributed by atoms with Gasteiger partial charge in [0.2, 0.25) is 5.91 Å². The Labute approximate surface area is 715 Å². The van der Waals surface area contributed by atoms with Crippen LogP contribution in [0.15, 0.2) is 218 Å². The maximum atomic E-state index is 16.6. The summed E-state index contributed by atoms with van der Waals surface area (Å²) < 4.78 is 122. The quantitative estimate of drug-likeness (QED) is 0.0229. The number of aliphatic hydroxyl groups excluding tert-OH is 1. The molecule has 7 heterocycles. The molecule has 1 amide bonds. The molecule has 0 aromatic heterocycles. The van der Waals surface area contributed by atoms with Crippen LogP contribution in [-0.2, 0) is 70.5 Å². The van der Waals surface area contributed by atoms with Crippen molar-refractivity contribution < 1.29 is 74.2 Å². The Hall–Kier alpha value is -5.65. The van der Waals surface area contributed by atoms with E-state index in [0.29, 0.717) is 51.7 Å². The lowest BCUT2D eigenvalue weighted by molar-refractivity contribution is -0.257. The van der Waals surface area contributed by atoms with Crippen LogP contribution in [0, 0.1) is 17.3 Å². The van der Waals surface area contributed by atoms with Gasteiger partial charge in [-0.15, -0.1) is 13.2 Å². The second kappa shape index (κ2) is 38.9. The third-order valence-corrected chi connectivity index (χ3v) is 44.0. The summed E-state index contributed by atoms with van der Waals surface area (Å²) in [6, 6.07) is 54.1. The fourth-order valence-electron chi connectivity index (χ4n) is 20.6. The summed E-state index contributed by atoms with van der Waals surface area (Å²) in [6.45, 7) is 50.9. The Balaban J connectivity index is 0.946. The van der Waals surface area contributed by atoms with Gasteiger partial charge < -0.3 is 65.9 Å². The molecule has 0 saturated carbocycles. The molecule has 1 N–H and O–H groups in total. The molecule has 17 nitrogen and oxygen atoms in total. The fourth-order valence-corrected chi connectivity index (χ4v) is 35.0. The average Bonchev–Trinajstić information content (AvgIpc) is 1.66. The van der Waals surface area contributed by atoms with Gasteiger partial charge in [-0.3, -0.25) is 4.79 Å². The highest BCUT2D eigenvalue weighted by atomic mass is 32.2. The SMILES string of the molecule is C=CCOC/C=C/[C@H]1CC(=C)[C@H](CC[C@H]2C[C@@H](C)C(=C)[C@@H](C[C@@H]3O[C@H](C[C@H]4CN(C(=O)C(C)(C)C)C(C)(C)O4)[C@H](OC)[C@H]3[C@@H](C(O)C[C@H]3CC[C@@H]4O[C@@H]5[C@@H](O[C@H](CC(C=C)O[Si](CC)(CC)CC)[C@@H]5O[Si](c5ccccc5)(c5ccccc5)C(C)(C)C)[C@@H](O[Si](c5ccccc5)(c5ccccc5)C(C)(C)C)[C@H]4O3)S(=O)(=O)c3ccccc3)O2)O1. The van der Waals surface area contributed by atoms with Crippen molar-refractivity contribution in [2.75, 3.05) is 26.9 Å². The van der Waals surface area contributed by atoms with Gasteiger partial charge in [0.1, 0.15) is 36.2 Å². The second-order valence-electron chi connectivity index (χ2n) is 38.2. The normalized spacial score (nSPS) is 29.8. The van der Waals surface area contributed by atoms with E-state index in [2.05, 4.69) is 210 Å². The molecule has 5 aromatic carbocycles. The summed E-state index contributed by atoms with van der Waals surface area (Å²) in [5.74, 6) is -1.03. The second-order valence-corrected chi connectivity index (χ2v) is 53.5. The number of carbonyl (C=O) groups is 1. The number of methoxy groups -OCH3 is 1. The number of benzene rings is 5. The number of hydrogen-bond donors (Lipinski definition) is 1. The number of nitrogens with zero attached hydrogens (tertiary/aromatic N) is 1. The topological polar surface area (TPSA) is 185 Å². The number of aliphatic hydroxyl groups is 1. The van der Waals surface area contributed by atoms with Gasteiger partial charge in [0.05, 0.1) is 103 Å². The zero-order valence-corrected chi connectivity index (χ0v) is 77.8.